The summed E-state index contributed by atoms with van der Waals surface area (Å²) in [5.41, 5.74) is 5.12. The van der Waals surface area contributed by atoms with Crippen LogP contribution >= 0.6 is 23.2 Å². The first-order valence-electron chi connectivity index (χ1n) is 4.06. The Bertz CT molecular complexity index is 463. The van der Waals surface area contributed by atoms with Crippen LogP contribution in [0.3, 0.4) is 0 Å². The van der Waals surface area contributed by atoms with Crippen molar-refractivity contribution in [2.24, 2.45) is 5.11 Å². The van der Waals surface area contributed by atoms with E-state index in [0.29, 0.717) is 0 Å². The molecule has 1 aromatic carbocycles. The highest BCUT2D eigenvalue weighted by Gasteiger charge is 2.42. The molecule has 17 heavy (non-hydrogen) atoms. The molecule has 1 unspecified atom stereocenters. The smallest absolute Gasteiger partial charge is 0.428 e. The van der Waals surface area contributed by atoms with E-state index < -0.39 is 17.5 Å². The summed E-state index contributed by atoms with van der Waals surface area (Å²) in [6, 6.07) is 3.38. The van der Waals surface area contributed by atoms with Gasteiger partial charge in [0.2, 0.25) is 0 Å². The zero-order valence-corrected chi connectivity index (χ0v) is 9.46. The monoisotopic (exact) mass is 285 g/mol. The van der Waals surface area contributed by atoms with Gasteiger partial charge in [0.25, 0.3) is 5.63 Å². The summed E-state index contributed by atoms with van der Waals surface area (Å²) in [5.74, 6) is -0.537. The standard InChI is InChI=1S/C8H4Cl2F3N3O/c9-5-2-1-4(15-16-14)3-6(5)17-8(12,13)7(10)11/h1-3,7H. The third-order valence-corrected chi connectivity index (χ3v) is 2.14. The molecule has 0 aliphatic heterocycles. The second-order valence-corrected chi connectivity index (χ2v) is 3.56. The van der Waals surface area contributed by atoms with Gasteiger partial charge in [-0.1, -0.05) is 34.4 Å². The fraction of sp³-hybridized carbons (Fsp3) is 0.250. The van der Waals surface area contributed by atoms with Crippen LogP contribution < -0.4 is 4.74 Å². The molecule has 0 heterocycles. The van der Waals surface area contributed by atoms with E-state index in [1.54, 1.807) is 0 Å². The lowest BCUT2D eigenvalue weighted by Crippen LogP contribution is -2.32. The Kier molecular flexibility index (Phi) is 4.34. The van der Waals surface area contributed by atoms with Crippen LogP contribution in [-0.2, 0) is 0 Å². The number of alkyl halides is 4. The Morgan fingerprint density at radius 1 is 1.47 bits per heavy atom. The Morgan fingerprint density at radius 2 is 2.12 bits per heavy atom. The van der Waals surface area contributed by atoms with E-state index in [1.165, 1.54) is 12.1 Å². The number of rotatable bonds is 4. The van der Waals surface area contributed by atoms with Gasteiger partial charge in [-0.15, -0.1) is 0 Å². The van der Waals surface area contributed by atoms with Crippen LogP contribution in [0.25, 0.3) is 10.4 Å². The highest BCUT2D eigenvalue weighted by Crippen LogP contribution is 2.35. The van der Waals surface area contributed by atoms with Gasteiger partial charge in [-0.3, -0.25) is 0 Å². The van der Waals surface area contributed by atoms with E-state index in [-0.39, 0.29) is 10.7 Å². The maximum absolute atomic E-state index is 12.8. The number of halogens is 5. The average molecular weight is 286 g/mol. The van der Waals surface area contributed by atoms with E-state index in [9.17, 15) is 13.2 Å². The van der Waals surface area contributed by atoms with Gasteiger partial charge < -0.3 is 4.74 Å². The van der Waals surface area contributed by atoms with E-state index in [0.717, 1.165) is 6.07 Å². The van der Waals surface area contributed by atoms with Crippen molar-refractivity contribution < 1.29 is 17.9 Å². The molecule has 0 N–H and O–H groups in total. The van der Waals surface area contributed by atoms with Gasteiger partial charge >= 0.3 is 6.11 Å². The molecule has 1 rings (SSSR count). The zero-order chi connectivity index (χ0) is 13.1. The second kappa shape index (κ2) is 5.35. The summed E-state index contributed by atoms with van der Waals surface area (Å²) in [4.78, 5) is 2.45. The molecular weight excluding hydrogens is 282 g/mol. The average Bonchev–Trinajstić information content (AvgIpc) is 2.23. The second-order valence-electron chi connectivity index (χ2n) is 2.77. The Hall–Kier alpha value is -1.30. The van der Waals surface area contributed by atoms with Crippen molar-refractivity contribution >= 4 is 28.9 Å². The third-order valence-electron chi connectivity index (χ3n) is 1.58. The molecule has 4 nitrogen and oxygen atoms in total. The van der Waals surface area contributed by atoms with Crippen LogP contribution in [0, 0.1) is 0 Å². The molecule has 0 saturated carbocycles. The minimum Gasteiger partial charge on any atom is -0.428 e. The van der Waals surface area contributed by atoms with Gasteiger partial charge in [-0.2, -0.15) is 8.78 Å². The predicted molar refractivity (Wildman–Crippen MR) is 56.6 cm³/mol. The van der Waals surface area contributed by atoms with E-state index in [1.807, 2.05) is 0 Å². The summed E-state index contributed by atoms with van der Waals surface area (Å²) in [6.45, 7) is 0. The van der Waals surface area contributed by atoms with E-state index in [2.05, 4.69) is 26.4 Å². The highest BCUT2D eigenvalue weighted by molar-refractivity contribution is 6.32. The van der Waals surface area contributed by atoms with Gasteiger partial charge in [-0.25, -0.2) is 4.39 Å². The van der Waals surface area contributed by atoms with Crippen LogP contribution in [0.4, 0.5) is 18.9 Å². The SMILES string of the molecule is [N-]=[N+]=Nc1ccc(Cl)c(OC(F)(F)C(F)Cl)c1. The largest absolute Gasteiger partial charge is 0.444 e. The molecule has 0 aliphatic rings. The van der Waals surface area contributed by atoms with Gasteiger partial charge in [0, 0.05) is 10.6 Å². The first-order chi connectivity index (χ1) is 7.86. The van der Waals surface area contributed by atoms with Crippen molar-refractivity contribution in [1.82, 2.24) is 0 Å². The summed E-state index contributed by atoms with van der Waals surface area (Å²) in [5, 5.41) is 2.96. The number of azide groups is 1. The van der Waals surface area contributed by atoms with Crippen molar-refractivity contribution in [3.63, 3.8) is 0 Å². The van der Waals surface area contributed by atoms with Crippen LogP contribution in [0.1, 0.15) is 0 Å². The van der Waals surface area contributed by atoms with Crippen LogP contribution in [0.5, 0.6) is 5.75 Å². The molecule has 0 aliphatic carbocycles. The number of hydrogen-bond acceptors (Lipinski definition) is 2. The number of hydrogen-bond donors (Lipinski definition) is 0. The Morgan fingerprint density at radius 3 is 2.65 bits per heavy atom. The molecule has 0 amide bonds. The highest BCUT2D eigenvalue weighted by atomic mass is 35.5. The van der Waals surface area contributed by atoms with Crippen molar-refractivity contribution in [2.75, 3.05) is 0 Å². The van der Waals surface area contributed by atoms with E-state index >= 15 is 0 Å². The molecule has 0 fully saturated rings. The van der Waals surface area contributed by atoms with E-state index in [4.69, 9.17) is 17.1 Å². The lowest BCUT2D eigenvalue weighted by molar-refractivity contribution is -0.198. The molecule has 1 atom stereocenters. The van der Waals surface area contributed by atoms with Crippen LogP contribution in [0.2, 0.25) is 5.02 Å². The fourth-order valence-corrected chi connectivity index (χ4v) is 1.08. The van der Waals surface area contributed by atoms with Gasteiger partial charge in [0.1, 0.15) is 5.75 Å². The minimum absolute atomic E-state index is 0.00678. The lowest BCUT2D eigenvalue weighted by atomic mass is 10.3. The molecule has 9 heteroatoms. The molecule has 0 spiro atoms. The van der Waals surface area contributed by atoms with Crippen LogP contribution in [0.15, 0.2) is 23.3 Å². The predicted octanol–water partition coefficient (Wildman–Crippen LogP) is 4.79. The summed E-state index contributed by atoms with van der Waals surface area (Å²) >= 11 is 10.2. The quantitative estimate of drug-likeness (QED) is 0.340. The Labute approximate surface area is 104 Å². The lowest BCUT2D eigenvalue weighted by Gasteiger charge is -2.18. The molecule has 0 aromatic heterocycles. The molecule has 1 aromatic rings. The number of benzene rings is 1. The molecule has 92 valence electrons. The first-order valence-corrected chi connectivity index (χ1v) is 4.88. The zero-order valence-electron chi connectivity index (χ0n) is 7.95. The van der Waals surface area contributed by atoms with Crippen molar-refractivity contribution in [3.8, 4) is 5.75 Å². The first kappa shape index (κ1) is 13.8. The van der Waals surface area contributed by atoms with Crippen LogP contribution in [-0.4, -0.2) is 11.7 Å². The number of nitrogens with zero attached hydrogens (tertiary/aromatic N) is 3. The summed E-state index contributed by atoms with van der Waals surface area (Å²) in [6.07, 6.45) is -4.24. The molecule has 0 bridgehead atoms. The maximum atomic E-state index is 12.8. The normalized spacial score (nSPS) is 12.8. The minimum atomic E-state index is -4.24. The third kappa shape index (κ3) is 3.59. The number of ether oxygens (including phenoxy) is 1. The molecule has 0 radical (unpaired) electrons. The van der Waals surface area contributed by atoms with Gasteiger partial charge in [0.05, 0.1) is 5.02 Å². The van der Waals surface area contributed by atoms with Crippen molar-refractivity contribution in [1.29, 1.82) is 0 Å². The van der Waals surface area contributed by atoms with Gasteiger partial charge in [0.15, 0.2) is 0 Å². The fourth-order valence-electron chi connectivity index (χ4n) is 0.875. The molecule has 0 saturated heterocycles. The Balaban J connectivity index is 3.05. The maximum Gasteiger partial charge on any atom is 0.444 e. The summed E-state index contributed by atoms with van der Waals surface area (Å²) < 4.78 is 42.0. The molecular formula is C8H4Cl2F3N3O. The van der Waals surface area contributed by atoms with Crippen molar-refractivity contribution in [2.45, 2.75) is 11.7 Å². The topological polar surface area (TPSA) is 58.0 Å². The van der Waals surface area contributed by atoms with Crippen molar-refractivity contribution in [3.05, 3.63) is 33.7 Å². The summed E-state index contributed by atoms with van der Waals surface area (Å²) in [7, 11) is 0. The van der Waals surface area contributed by atoms with Gasteiger partial charge in [-0.05, 0) is 17.7 Å².